The zero-order valence-corrected chi connectivity index (χ0v) is 23.3. The Bertz CT molecular complexity index is 1470. The lowest BCUT2D eigenvalue weighted by atomic mass is 9.44. The molecule has 3 fully saturated rings. The molecule has 0 aliphatic heterocycles. The summed E-state index contributed by atoms with van der Waals surface area (Å²) in [5.41, 5.74) is -6.17. The van der Waals surface area contributed by atoms with E-state index in [0.29, 0.717) is 24.8 Å². The van der Waals surface area contributed by atoms with E-state index in [1.165, 1.54) is 30.4 Å². The molecule has 4 aliphatic rings. The van der Waals surface area contributed by atoms with Crippen molar-refractivity contribution in [1.29, 1.82) is 0 Å². The third kappa shape index (κ3) is 3.81. The molecule has 0 aromatic heterocycles. The van der Waals surface area contributed by atoms with Crippen molar-refractivity contribution in [1.82, 2.24) is 0 Å². The number of aliphatic hydroxyl groups excluding tert-OH is 1. The number of allylic oxidation sites excluding steroid dienone is 4. The minimum Gasteiger partial charge on any atom is -0.454 e. The number of ketones is 2. The van der Waals surface area contributed by atoms with Crippen LogP contribution in [-0.4, -0.2) is 64.7 Å². The molecule has 0 amide bonds. The van der Waals surface area contributed by atoms with Crippen molar-refractivity contribution in [2.75, 3.05) is 6.61 Å². The third-order valence-corrected chi connectivity index (χ3v) is 11.2. The summed E-state index contributed by atoms with van der Waals surface area (Å²) in [7, 11) is -4.57. The first-order chi connectivity index (χ1) is 18.5. The maximum Gasteiger partial charge on any atom is 0.338 e. The Labute approximate surface area is 231 Å². The van der Waals surface area contributed by atoms with Crippen molar-refractivity contribution in [3.63, 3.8) is 0 Å². The van der Waals surface area contributed by atoms with E-state index in [0.717, 1.165) is 12.1 Å². The minimum absolute atomic E-state index is 0.216. The second-order valence-electron chi connectivity index (χ2n) is 12.2. The molecule has 0 saturated heterocycles. The maximum atomic E-state index is 17.3. The summed E-state index contributed by atoms with van der Waals surface area (Å²) in [6, 6.07) is 4.48. The number of hydrogen-bond acceptors (Lipinski definition) is 8. The molecule has 0 heterocycles. The summed E-state index contributed by atoms with van der Waals surface area (Å²) in [5, 5.41) is 23.4. The molecule has 4 aliphatic carbocycles. The number of ether oxygens (including phenoxy) is 1. The summed E-state index contributed by atoms with van der Waals surface area (Å²) in [6.45, 7) is 4.22. The molecule has 11 heteroatoms. The van der Waals surface area contributed by atoms with Crippen LogP contribution in [0.1, 0.15) is 56.8 Å². The van der Waals surface area contributed by atoms with E-state index < -0.39 is 79.3 Å². The van der Waals surface area contributed by atoms with Crippen LogP contribution in [0.2, 0.25) is 0 Å². The first-order valence-electron chi connectivity index (χ1n) is 13.3. The highest BCUT2D eigenvalue weighted by Crippen LogP contribution is 2.70. The Morgan fingerprint density at radius 1 is 1.20 bits per heavy atom. The van der Waals surface area contributed by atoms with Gasteiger partial charge in [0.2, 0.25) is 5.78 Å². The first-order valence-corrected chi connectivity index (χ1v) is 14.8. The van der Waals surface area contributed by atoms with Crippen LogP contribution in [0.5, 0.6) is 0 Å². The molecule has 0 radical (unpaired) electrons. The molecule has 5 rings (SSSR count). The molecular formula is C29H33FO9S. The van der Waals surface area contributed by atoms with E-state index in [4.69, 9.17) is 4.74 Å². The minimum atomic E-state index is -4.57. The van der Waals surface area contributed by atoms with Crippen molar-refractivity contribution in [2.45, 2.75) is 68.7 Å². The van der Waals surface area contributed by atoms with Gasteiger partial charge < -0.3 is 14.9 Å². The molecule has 216 valence electrons. The largest absolute Gasteiger partial charge is 0.454 e. The number of fused-ring (bicyclic) bond motifs is 5. The fraction of sp³-hybridized carbons (Fsp3) is 0.552. The standard InChI is InChI=1S/C29H33FO9S/c1-16-11-22-21-8-7-18-13-19(31)9-10-26(18,2)28(21,30)23(32)14-27(22,3)29(16,35)24(33)15-39-25(34)17-5-4-6-20(12-17)40(36,37)38/h4-6,9-10,12-13,16,21-23,32,35H,7-8,11,14-15H2,1-3H3,(H,36,37,38)/t16-,21-,22-,23+,26-,27-,28-,29+/m0/s1. The Kier molecular flexibility index (Phi) is 6.58. The highest BCUT2D eigenvalue weighted by atomic mass is 32.2. The predicted molar refractivity (Wildman–Crippen MR) is 139 cm³/mol. The number of alkyl halides is 1. The number of carbonyl (C=O) groups excluding carboxylic acids is 3. The fourth-order valence-corrected chi connectivity index (χ4v) is 8.77. The molecule has 3 saturated carbocycles. The van der Waals surface area contributed by atoms with Crippen LogP contribution in [0.3, 0.4) is 0 Å². The lowest BCUT2D eigenvalue weighted by Crippen LogP contribution is -2.69. The van der Waals surface area contributed by atoms with E-state index in [2.05, 4.69) is 0 Å². The number of esters is 1. The van der Waals surface area contributed by atoms with Gasteiger partial charge in [0.1, 0.15) is 5.60 Å². The molecule has 9 nitrogen and oxygen atoms in total. The van der Waals surface area contributed by atoms with Crippen molar-refractivity contribution in [2.24, 2.45) is 28.6 Å². The molecule has 0 bridgehead atoms. The average Bonchev–Trinajstić information content (AvgIpc) is 3.09. The number of rotatable bonds is 5. The predicted octanol–water partition coefficient (Wildman–Crippen LogP) is 3.01. The zero-order chi connectivity index (χ0) is 29.5. The number of Topliss-reactive ketones (excluding diaryl/α,β-unsaturated/α-hetero) is 1. The number of aliphatic hydroxyl groups is 2. The van der Waals surface area contributed by atoms with Gasteiger partial charge in [-0.2, -0.15) is 8.42 Å². The number of carbonyl (C=O) groups is 3. The zero-order valence-electron chi connectivity index (χ0n) is 22.5. The smallest absolute Gasteiger partial charge is 0.338 e. The van der Waals surface area contributed by atoms with Gasteiger partial charge in [0, 0.05) is 16.7 Å². The Balaban J connectivity index is 1.41. The van der Waals surface area contributed by atoms with E-state index in [1.54, 1.807) is 20.8 Å². The van der Waals surface area contributed by atoms with Gasteiger partial charge in [-0.15, -0.1) is 0 Å². The van der Waals surface area contributed by atoms with E-state index in [1.807, 2.05) is 0 Å². The summed E-state index contributed by atoms with van der Waals surface area (Å²) < 4.78 is 54.4. The van der Waals surface area contributed by atoms with Gasteiger partial charge >= 0.3 is 5.97 Å². The monoisotopic (exact) mass is 576 g/mol. The van der Waals surface area contributed by atoms with E-state index in [9.17, 15) is 37.6 Å². The highest BCUT2D eigenvalue weighted by Gasteiger charge is 2.75. The van der Waals surface area contributed by atoms with Crippen LogP contribution in [0.15, 0.2) is 53.0 Å². The van der Waals surface area contributed by atoms with E-state index in [-0.39, 0.29) is 17.8 Å². The van der Waals surface area contributed by atoms with Crippen LogP contribution in [0.4, 0.5) is 4.39 Å². The van der Waals surface area contributed by atoms with Crippen molar-refractivity contribution < 1.29 is 46.7 Å². The van der Waals surface area contributed by atoms with Crippen molar-refractivity contribution >= 4 is 27.7 Å². The fourth-order valence-electron chi connectivity index (χ4n) is 8.25. The SMILES string of the molecule is C[C@H]1C[C@H]2[C@@H]3CCC4=CC(=O)C=C[C@]4(C)[C@@]3(F)[C@H](O)C[C@]2(C)[C@]1(O)C(=O)COC(=O)c1cccc(S(=O)(=O)O)c1. The maximum absolute atomic E-state index is 17.3. The van der Waals surface area contributed by atoms with Crippen LogP contribution in [0, 0.1) is 28.6 Å². The molecule has 8 atom stereocenters. The second kappa shape index (κ2) is 9.14. The van der Waals surface area contributed by atoms with Gasteiger partial charge in [-0.05, 0) is 74.8 Å². The van der Waals surface area contributed by atoms with Crippen LogP contribution in [0.25, 0.3) is 0 Å². The Morgan fingerprint density at radius 2 is 1.90 bits per heavy atom. The van der Waals surface area contributed by atoms with E-state index >= 15 is 4.39 Å². The molecule has 1 aromatic rings. The Morgan fingerprint density at radius 3 is 2.58 bits per heavy atom. The highest BCUT2D eigenvalue weighted by molar-refractivity contribution is 7.85. The number of halogens is 1. The lowest BCUT2D eigenvalue weighted by molar-refractivity contribution is -0.219. The molecule has 1 aromatic carbocycles. The van der Waals surface area contributed by atoms with Gasteiger partial charge in [-0.1, -0.05) is 31.6 Å². The van der Waals surface area contributed by atoms with Crippen LogP contribution in [-0.2, 0) is 24.4 Å². The first kappa shape index (κ1) is 28.8. The second-order valence-corrected chi connectivity index (χ2v) is 13.6. The average molecular weight is 577 g/mol. The van der Waals surface area contributed by atoms with Crippen molar-refractivity contribution in [3.05, 3.63) is 53.6 Å². The normalized spacial score (nSPS) is 40.5. The topological polar surface area (TPSA) is 155 Å². The lowest BCUT2D eigenvalue weighted by Gasteiger charge is -2.62. The van der Waals surface area contributed by atoms with Crippen LogP contribution >= 0.6 is 0 Å². The van der Waals surface area contributed by atoms with Crippen molar-refractivity contribution in [3.8, 4) is 0 Å². The molecule has 0 unspecified atom stereocenters. The quantitative estimate of drug-likeness (QED) is 0.354. The van der Waals surface area contributed by atoms with Gasteiger partial charge in [-0.3, -0.25) is 14.1 Å². The number of benzene rings is 1. The molecule has 0 spiro atoms. The molecular weight excluding hydrogens is 543 g/mol. The molecule has 3 N–H and O–H groups in total. The Hall–Kier alpha value is -2.73. The summed E-state index contributed by atoms with van der Waals surface area (Å²) >= 11 is 0. The van der Waals surface area contributed by atoms with Gasteiger partial charge in [0.25, 0.3) is 10.1 Å². The third-order valence-electron chi connectivity index (χ3n) is 10.3. The number of hydrogen-bond donors (Lipinski definition) is 3. The summed E-state index contributed by atoms with van der Waals surface area (Å²) in [4.78, 5) is 37.7. The van der Waals surface area contributed by atoms with Crippen LogP contribution < -0.4 is 0 Å². The van der Waals surface area contributed by atoms with Gasteiger partial charge in [0.05, 0.1) is 16.6 Å². The molecule has 40 heavy (non-hydrogen) atoms. The van der Waals surface area contributed by atoms with Gasteiger partial charge in [0.15, 0.2) is 18.1 Å². The summed E-state index contributed by atoms with van der Waals surface area (Å²) in [5.74, 6) is -3.86. The summed E-state index contributed by atoms with van der Waals surface area (Å²) in [6.07, 6.45) is 3.64. The van der Waals surface area contributed by atoms with Gasteiger partial charge in [-0.25, -0.2) is 9.18 Å².